The number of hydrogen-bond donors (Lipinski definition) is 1. The molecular formula is C17H21NS. The van der Waals surface area contributed by atoms with Crippen LogP contribution in [0.2, 0.25) is 0 Å². The summed E-state index contributed by atoms with van der Waals surface area (Å²) >= 11 is 2.00. The van der Waals surface area contributed by atoms with Gasteiger partial charge in [0.15, 0.2) is 0 Å². The molecule has 0 spiro atoms. The first-order valence-corrected chi connectivity index (χ1v) is 7.91. The predicted octanol–water partition coefficient (Wildman–Crippen LogP) is 4.14. The molecule has 100 valence electrons. The van der Waals surface area contributed by atoms with Gasteiger partial charge in [0.2, 0.25) is 0 Å². The molecule has 1 aliphatic rings. The van der Waals surface area contributed by atoms with Crippen molar-refractivity contribution in [3.63, 3.8) is 0 Å². The van der Waals surface area contributed by atoms with Crippen molar-refractivity contribution in [2.45, 2.75) is 46.2 Å². The summed E-state index contributed by atoms with van der Waals surface area (Å²) in [6.07, 6.45) is 3.96. The van der Waals surface area contributed by atoms with E-state index in [0.29, 0.717) is 0 Å². The van der Waals surface area contributed by atoms with Gasteiger partial charge in [-0.2, -0.15) is 0 Å². The SMILES string of the molecule is Cc1ccc(CNCc2cc3c(s2)CCC3)cc1C. The van der Waals surface area contributed by atoms with Gasteiger partial charge in [0, 0.05) is 22.8 Å². The molecule has 2 aromatic rings. The molecule has 1 aromatic carbocycles. The van der Waals surface area contributed by atoms with Crippen molar-refractivity contribution >= 4 is 11.3 Å². The topological polar surface area (TPSA) is 12.0 Å². The van der Waals surface area contributed by atoms with Gasteiger partial charge in [-0.3, -0.25) is 0 Å². The smallest absolute Gasteiger partial charge is 0.0303 e. The lowest BCUT2D eigenvalue weighted by Crippen LogP contribution is -2.11. The fraction of sp³-hybridized carbons (Fsp3) is 0.412. The Morgan fingerprint density at radius 2 is 1.95 bits per heavy atom. The van der Waals surface area contributed by atoms with Crippen molar-refractivity contribution < 1.29 is 0 Å². The molecule has 1 aliphatic carbocycles. The molecule has 3 rings (SSSR count). The van der Waals surface area contributed by atoms with Crippen LogP contribution in [0.5, 0.6) is 0 Å². The number of benzene rings is 1. The Hall–Kier alpha value is -1.12. The second-order valence-electron chi connectivity index (χ2n) is 5.54. The average molecular weight is 271 g/mol. The molecule has 2 heteroatoms. The molecule has 1 N–H and O–H groups in total. The Morgan fingerprint density at radius 1 is 1.05 bits per heavy atom. The number of rotatable bonds is 4. The van der Waals surface area contributed by atoms with E-state index in [1.807, 2.05) is 11.3 Å². The molecule has 0 fully saturated rings. The lowest BCUT2D eigenvalue weighted by atomic mass is 10.1. The Kier molecular flexibility index (Phi) is 3.72. The molecule has 0 bridgehead atoms. The van der Waals surface area contributed by atoms with Crippen molar-refractivity contribution in [2.24, 2.45) is 0 Å². The van der Waals surface area contributed by atoms with Crippen LogP contribution in [0.25, 0.3) is 0 Å². The Labute approximate surface area is 119 Å². The van der Waals surface area contributed by atoms with Crippen LogP contribution in [-0.4, -0.2) is 0 Å². The van der Waals surface area contributed by atoms with Crippen molar-refractivity contribution in [1.29, 1.82) is 0 Å². The van der Waals surface area contributed by atoms with Crippen molar-refractivity contribution in [3.05, 3.63) is 56.3 Å². The van der Waals surface area contributed by atoms with E-state index in [4.69, 9.17) is 0 Å². The third-order valence-corrected chi connectivity index (χ3v) is 5.23. The number of fused-ring (bicyclic) bond motifs is 1. The highest BCUT2D eigenvalue weighted by molar-refractivity contribution is 7.12. The molecule has 1 aromatic heterocycles. The highest BCUT2D eigenvalue weighted by Gasteiger charge is 2.14. The Balaban J connectivity index is 1.56. The van der Waals surface area contributed by atoms with Gasteiger partial charge >= 0.3 is 0 Å². The van der Waals surface area contributed by atoms with Crippen LogP contribution in [0.4, 0.5) is 0 Å². The zero-order valence-electron chi connectivity index (χ0n) is 11.8. The number of nitrogens with one attached hydrogen (secondary N) is 1. The maximum absolute atomic E-state index is 3.56. The zero-order valence-corrected chi connectivity index (χ0v) is 12.6. The quantitative estimate of drug-likeness (QED) is 0.881. The summed E-state index contributed by atoms with van der Waals surface area (Å²) in [5.41, 5.74) is 5.74. The number of aryl methyl sites for hydroxylation is 4. The maximum Gasteiger partial charge on any atom is 0.0303 e. The maximum atomic E-state index is 3.56. The standard InChI is InChI=1S/C17H21NS/c1-12-6-7-14(8-13(12)2)10-18-11-16-9-15-4-3-5-17(15)19-16/h6-9,18H,3-5,10-11H2,1-2H3. The van der Waals surface area contributed by atoms with Gasteiger partial charge in [-0.25, -0.2) is 0 Å². The summed E-state index contributed by atoms with van der Waals surface area (Å²) < 4.78 is 0. The van der Waals surface area contributed by atoms with Crippen LogP contribution >= 0.6 is 11.3 Å². The lowest BCUT2D eigenvalue weighted by molar-refractivity contribution is 0.700. The van der Waals surface area contributed by atoms with Gasteiger partial charge in [0.05, 0.1) is 0 Å². The van der Waals surface area contributed by atoms with Crippen LogP contribution < -0.4 is 5.32 Å². The van der Waals surface area contributed by atoms with Crippen LogP contribution in [0.15, 0.2) is 24.3 Å². The Morgan fingerprint density at radius 3 is 2.74 bits per heavy atom. The van der Waals surface area contributed by atoms with E-state index in [1.165, 1.54) is 40.8 Å². The minimum absolute atomic E-state index is 0.962. The van der Waals surface area contributed by atoms with Crippen LogP contribution in [-0.2, 0) is 25.9 Å². The Bertz CT molecular complexity index is 561. The first-order chi connectivity index (χ1) is 9.22. The minimum Gasteiger partial charge on any atom is -0.308 e. The molecular weight excluding hydrogens is 250 g/mol. The van der Waals surface area contributed by atoms with Gasteiger partial charge in [0.25, 0.3) is 0 Å². The largest absolute Gasteiger partial charge is 0.308 e. The summed E-state index contributed by atoms with van der Waals surface area (Å²) in [6, 6.07) is 9.13. The van der Waals surface area contributed by atoms with Gasteiger partial charge in [-0.15, -0.1) is 11.3 Å². The number of hydrogen-bond acceptors (Lipinski definition) is 2. The van der Waals surface area contributed by atoms with E-state index in [0.717, 1.165) is 13.1 Å². The third kappa shape index (κ3) is 2.90. The summed E-state index contributed by atoms with van der Waals surface area (Å²) in [6.45, 7) is 6.32. The lowest BCUT2D eigenvalue weighted by Gasteiger charge is -2.06. The molecule has 0 radical (unpaired) electrons. The van der Waals surface area contributed by atoms with E-state index in [1.54, 1.807) is 10.4 Å². The highest BCUT2D eigenvalue weighted by Crippen LogP contribution is 2.30. The van der Waals surface area contributed by atoms with Crippen molar-refractivity contribution in [2.75, 3.05) is 0 Å². The summed E-state index contributed by atoms with van der Waals surface area (Å²) in [7, 11) is 0. The van der Waals surface area contributed by atoms with E-state index >= 15 is 0 Å². The molecule has 0 aliphatic heterocycles. The zero-order chi connectivity index (χ0) is 13.2. The third-order valence-electron chi connectivity index (χ3n) is 4.00. The van der Waals surface area contributed by atoms with Crippen molar-refractivity contribution in [3.8, 4) is 0 Å². The molecule has 0 unspecified atom stereocenters. The second-order valence-corrected chi connectivity index (χ2v) is 6.76. The summed E-state index contributed by atoms with van der Waals surface area (Å²) in [5, 5.41) is 3.56. The van der Waals surface area contributed by atoms with Gasteiger partial charge in [-0.1, -0.05) is 18.2 Å². The number of thiophene rings is 1. The molecule has 1 nitrogen and oxygen atoms in total. The van der Waals surface area contributed by atoms with Crippen LogP contribution in [0.3, 0.4) is 0 Å². The van der Waals surface area contributed by atoms with Gasteiger partial charge in [-0.05, 0) is 61.4 Å². The fourth-order valence-corrected chi connectivity index (χ4v) is 3.95. The van der Waals surface area contributed by atoms with E-state index in [9.17, 15) is 0 Å². The molecule has 0 atom stereocenters. The monoisotopic (exact) mass is 271 g/mol. The molecule has 1 heterocycles. The molecule has 19 heavy (non-hydrogen) atoms. The first kappa shape index (κ1) is 12.9. The van der Waals surface area contributed by atoms with E-state index in [2.05, 4.69) is 43.4 Å². The molecule has 0 amide bonds. The minimum atomic E-state index is 0.962. The van der Waals surface area contributed by atoms with Crippen molar-refractivity contribution in [1.82, 2.24) is 5.32 Å². The first-order valence-electron chi connectivity index (χ1n) is 7.09. The normalized spacial score (nSPS) is 13.8. The van der Waals surface area contributed by atoms with E-state index < -0.39 is 0 Å². The highest BCUT2D eigenvalue weighted by atomic mass is 32.1. The van der Waals surface area contributed by atoms with Gasteiger partial charge < -0.3 is 5.32 Å². The summed E-state index contributed by atoms with van der Waals surface area (Å²) in [5.74, 6) is 0. The van der Waals surface area contributed by atoms with Crippen LogP contribution in [0.1, 0.15) is 38.4 Å². The average Bonchev–Trinajstić information content (AvgIpc) is 2.94. The van der Waals surface area contributed by atoms with E-state index in [-0.39, 0.29) is 0 Å². The van der Waals surface area contributed by atoms with Crippen LogP contribution in [0, 0.1) is 13.8 Å². The second kappa shape index (κ2) is 5.48. The predicted molar refractivity (Wildman–Crippen MR) is 82.8 cm³/mol. The fourth-order valence-electron chi connectivity index (χ4n) is 2.72. The summed E-state index contributed by atoms with van der Waals surface area (Å²) in [4.78, 5) is 3.12. The molecule has 0 saturated carbocycles. The molecule has 0 saturated heterocycles. The van der Waals surface area contributed by atoms with Gasteiger partial charge in [0.1, 0.15) is 0 Å².